The molecule has 1 fully saturated rings. The van der Waals surface area contributed by atoms with Crippen LogP contribution in [0.4, 0.5) is 20.2 Å². The van der Waals surface area contributed by atoms with Crippen molar-refractivity contribution in [2.24, 2.45) is 0 Å². The van der Waals surface area contributed by atoms with Crippen LogP contribution >= 0.6 is 0 Å². The molecule has 0 radical (unpaired) electrons. The third-order valence-corrected chi connectivity index (χ3v) is 4.26. The van der Waals surface area contributed by atoms with Gasteiger partial charge in [-0.3, -0.25) is 4.79 Å². The predicted molar refractivity (Wildman–Crippen MR) is 92.4 cm³/mol. The zero-order valence-corrected chi connectivity index (χ0v) is 13.8. The lowest BCUT2D eigenvalue weighted by Crippen LogP contribution is -2.38. The molecule has 134 valence electrons. The molecule has 7 heteroatoms. The highest BCUT2D eigenvalue weighted by molar-refractivity contribution is 5.95. The first-order valence-corrected chi connectivity index (χ1v) is 8.09. The smallest absolute Gasteiger partial charge is 0.267 e. The highest BCUT2D eigenvalue weighted by atomic mass is 19.3. The number of nitrogens with one attached hydrogen (secondary N) is 1. The van der Waals surface area contributed by atoms with Gasteiger partial charge in [0.2, 0.25) is 0 Å². The summed E-state index contributed by atoms with van der Waals surface area (Å²) in [5, 5.41) is 21.2. The van der Waals surface area contributed by atoms with Crippen molar-refractivity contribution in [3.05, 3.63) is 59.7 Å². The summed E-state index contributed by atoms with van der Waals surface area (Å²) in [4.78, 5) is 13.6. The summed E-state index contributed by atoms with van der Waals surface area (Å²) in [5.41, 5.74) is 2.14. The van der Waals surface area contributed by atoms with Crippen molar-refractivity contribution >= 4 is 17.3 Å². The molecule has 1 aliphatic rings. The third kappa shape index (κ3) is 3.81. The number of alkyl halides is 2. The van der Waals surface area contributed by atoms with Gasteiger partial charge in [-0.25, -0.2) is 8.78 Å². The van der Waals surface area contributed by atoms with Crippen molar-refractivity contribution in [2.45, 2.75) is 18.4 Å². The fraction of sp³-hybridized carbons (Fsp3) is 0.263. The van der Waals surface area contributed by atoms with Gasteiger partial charge in [-0.1, -0.05) is 6.07 Å². The van der Waals surface area contributed by atoms with E-state index in [4.69, 9.17) is 5.26 Å². The van der Waals surface area contributed by atoms with Crippen LogP contribution < -0.4 is 5.32 Å². The number of carbonyl (C=O) groups excluding carboxylic acids is 1. The molecule has 1 aliphatic heterocycles. The number of rotatable bonds is 4. The molecule has 0 saturated carbocycles. The van der Waals surface area contributed by atoms with Crippen LogP contribution in [0.2, 0.25) is 0 Å². The molecule has 2 aromatic carbocycles. The number of nitrogens with zero attached hydrogens (tertiary/aromatic N) is 2. The first-order chi connectivity index (χ1) is 12.4. The topological polar surface area (TPSA) is 76.4 Å². The molecular formula is C19H17F2N3O2. The molecule has 1 heterocycles. The highest BCUT2D eigenvalue weighted by Crippen LogP contribution is 2.33. The fourth-order valence-electron chi connectivity index (χ4n) is 2.99. The number of hydrogen-bond acceptors (Lipinski definition) is 4. The van der Waals surface area contributed by atoms with Crippen LogP contribution in [0.25, 0.3) is 0 Å². The van der Waals surface area contributed by atoms with Crippen LogP contribution in [0.3, 0.4) is 0 Å². The second-order valence-electron chi connectivity index (χ2n) is 6.22. The summed E-state index contributed by atoms with van der Waals surface area (Å²) in [6.45, 7) is -1.19. The van der Waals surface area contributed by atoms with E-state index in [1.54, 1.807) is 48.5 Å². The van der Waals surface area contributed by atoms with Crippen LogP contribution in [-0.4, -0.2) is 41.0 Å². The number of aliphatic hydroxyl groups is 1. The van der Waals surface area contributed by atoms with Crippen LogP contribution in [0.5, 0.6) is 0 Å². The van der Waals surface area contributed by atoms with Gasteiger partial charge in [0.15, 0.2) is 0 Å². The van der Waals surface area contributed by atoms with E-state index in [9.17, 15) is 18.7 Å². The Morgan fingerprint density at radius 3 is 2.65 bits per heavy atom. The van der Waals surface area contributed by atoms with Gasteiger partial charge in [-0.2, -0.15) is 5.26 Å². The molecule has 1 atom stereocenters. The molecule has 2 aromatic rings. The number of benzene rings is 2. The summed E-state index contributed by atoms with van der Waals surface area (Å²) in [7, 11) is 0. The standard InChI is InChI=1S/C19H17F2N3O2/c20-19(21)9-17(11-25)24(12-19)18(26)14-2-1-3-16(8-14)23-15-6-4-13(10-22)5-7-15/h1-8,17,23,25H,9,11-12H2. The fourth-order valence-corrected chi connectivity index (χ4v) is 2.99. The van der Waals surface area contributed by atoms with Gasteiger partial charge < -0.3 is 15.3 Å². The van der Waals surface area contributed by atoms with Crippen LogP contribution in [0.15, 0.2) is 48.5 Å². The van der Waals surface area contributed by atoms with Gasteiger partial charge in [0.1, 0.15) is 0 Å². The molecule has 1 unspecified atom stereocenters. The largest absolute Gasteiger partial charge is 0.394 e. The Kier molecular flexibility index (Phi) is 4.87. The molecule has 0 spiro atoms. The molecule has 5 nitrogen and oxygen atoms in total. The monoisotopic (exact) mass is 357 g/mol. The first-order valence-electron chi connectivity index (χ1n) is 8.09. The van der Waals surface area contributed by atoms with Gasteiger partial charge >= 0.3 is 0 Å². The van der Waals surface area contributed by atoms with Crippen LogP contribution in [0.1, 0.15) is 22.3 Å². The quantitative estimate of drug-likeness (QED) is 0.881. The van der Waals surface area contributed by atoms with E-state index in [1.165, 1.54) is 0 Å². The summed E-state index contributed by atoms with van der Waals surface area (Å²) >= 11 is 0. The zero-order valence-electron chi connectivity index (χ0n) is 13.8. The number of likely N-dealkylation sites (tertiary alicyclic amines) is 1. The van der Waals surface area contributed by atoms with E-state index >= 15 is 0 Å². The third-order valence-electron chi connectivity index (χ3n) is 4.26. The second-order valence-corrected chi connectivity index (χ2v) is 6.22. The average molecular weight is 357 g/mol. The number of anilines is 2. The van der Waals surface area contributed by atoms with E-state index in [1.807, 2.05) is 6.07 Å². The number of aliphatic hydroxyl groups excluding tert-OH is 1. The maximum Gasteiger partial charge on any atom is 0.267 e. The number of halogens is 2. The Bertz CT molecular complexity index is 847. The van der Waals surface area contributed by atoms with E-state index in [0.717, 1.165) is 10.6 Å². The Balaban J connectivity index is 1.78. The number of carbonyl (C=O) groups is 1. The molecule has 1 amide bonds. The molecular weight excluding hydrogens is 340 g/mol. The summed E-state index contributed by atoms with van der Waals surface area (Å²) in [6.07, 6.45) is -0.529. The lowest BCUT2D eigenvalue weighted by Gasteiger charge is -2.22. The molecule has 0 aliphatic carbocycles. The lowest BCUT2D eigenvalue weighted by atomic mass is 10.1. The van der Waals surface area contributed by atoms with Crippen LogP contribution in [-0.2, 0) is 0 Å². The first kappa shape index (κ1) is 17.8. The van der Waals surface area contributed by atoms with Gasteiger partial charge in [0.25, 0.3) is 11.8 Å². The summed E-state index contributed by atoms with van der Waals surface area (Å²) < 4.78 is 27.2. The minimum Gasteiger partial charge on any atom is -0.394 e. The van der Waals surface area contributed by atoms with E-state index in [2.05, 4.69) is 5.32 Å². The molecule has 0 bridgehead atoms. The van der Waals surface area contributed by atoms with Gasteiger partial charge in [0, 0.05) is 23.4 Å². The Hall–Kier alpha value is -2.98. The van der Waals surface area contributed by atoms with Gasteiger partial charge in [-0.05, 0) is 42.5 Å². The minimum atomic E-state index is -2.98. The van der Waals surface area contributed by atoms with Crippen molar-refractivity contribution < 1.29 is 18.7 Å². The average Bonchev–Trinajstić information content (AvgIpc) is 2.97. The van der Waals surface area contributed by atoms with Crippen molar-refractivity contribution in [3.63, 3.8) is 0 Å². The molecule has 2 N–H and O–H groups in total. The maximum atomic E-state index is 13.6. The Morgan fingerprint density at radius 2 is 2.00 bits per heavy atom. The van der Waals surface area contributed by atoms with Crippen molar-refractivity contribution in [1.82, 2.24) is 4.90 Å². The maximum absolute atomic E-state index is 13.6. The van der Waals surface area contributed by atoms with Gasteiger partial charge in [0.05, 0.1) is 30.8 Å². The summed E-state index contributed by atoms with van der Waals surface area (Å²) in [6, 6.07) is 14.5. The predicted octanol–water partition coefficient (Wildman–Crippen LogP) is 3.14. The lowest BCUT2D eigenvalue weighted by molar-refractivity contribution is 0.0116. The number of amides is 1. The van der Waals surface area contributed by atoms with E-state index in [-0.39, 0.29) is 5.56 Å². The number of hydrogen-bond donors (Lipinski definition) is 2. The van der Waals surface area contributed by atoms with Crippen molar-refractivity contribution in [2.75, 3.05) is 18.5 Å². The summed E-state index contributed by atoms with van der Waals surface area (Å²) in [5.74, 6) is -3.52. The van der Waals surface area contributed by atoms with Crippen LogP contribution in [0, 0.1) is 11.3 Å². The number of nitriles is 1. The van der Waals surface area contributed by atoms with E-state index in [0.29, 0.717) is 11.3 Å². The normalized spacial score (nSPS) is 18.4. The van der Waals surface area contributed by atoms with E-state index < -0.39 is 37.4 Å². The molecule has 1 saturated heterocycles. The second kappa shape index (κ2) is 7.10. The minimum absolute atomic E-state index is 0.264. The van der Waals surface area contributed by atoms with Crippen molar-refractivity contribution in [1.29, 1.82) is 5.26 Å². The molecule has 26 heavy (non-hydrogen) atoms. The Labute approximate surface area is 149 Å². The van der Waals surface area contributed by atoms with Crippen molar-refractivity contribution in [3.8, 4) is 6.07 Å². The molecule has 0 aromatic heterocycles. The Morgan fingerprint density at radius 1 is 1.27 bits per heavy atom. The van der Waals surface area contributed by atoms with Gasteiger partial charge in [-0.15, -0.1) is 0 Å². The molecule has 3 rings (SSSR count). The zero-order chi connectivity index (χ0) is 18.7. The SMILES string of the molecule is N#Cc1ccc(Nc2cccc(C(=O)N3CC(F)(F)CC3CO)c2)cc1. The highest BCUT2D eigenvalue weighted by Gasteiger charge is 2.46.